The van der Waals surface area contributed by atoms with Gasteiger partial charge in [0.25, 0.3) is 0 Å². The smallest absolute Gasteiger partial charge is 0.191 e. The van der Waals surface area contributed by atoms with E-state index in [1.54, 1.807) is 0 Å². The van der Waals surface area contributed by atoms with Crippen LogP contribution in [0.3, 0.4) is 0 Å². The summed E-state index contributed by atoms with van der Waals surface area (Å²) in [5.74, 6) is 1.57. The van der Waals surface area contributed by atoms with Gasteiger partial charge in [0.05, 0.1) is 6.10 Å². The lowest BCUT2D eigenvalue weighted by Gasteiger charge is -2.55. The molecule has 2 saturated heterocycles. The van der Waals surface area contributed by atoms with E-state index in [0.717, 1.165) is 38.6 Å². The molecule has 3 fully saturated rings. The summed E-state index contributed by atoms with van der Waals surface area (Å²) in [5, 5.41) is 7.17. The van der Waals surface area contributed by atoms with Gasteiger partial charge in [-0.05, 0) is 19.3 Å². The van der Waals surface area contributed by atoms with Crippen LogP contribution in [-0.2, 0) is 9.47 Å². The highest BCUT2D eigenvalue weighted by Gasteiger charge is 2.59. The van der Waals surface area contributed by atoms with Crippen LogP contribution in [0.2, 0.25) is 0 Å². The summed E-state index contributed by atoms with van der Waals surface area (Å²) in [6.45, 7) is 7.19. The van der Waals surface area contributed by atoms with E-state index >= 15 is 0 Å². The lowest BCUT2D eigenvalue weighted by Crippen LogP contribution is -2.68. The van der Waals surface area contributed by atoms with Gasteiger partial charge in [-0.2, -0.15) is 0 Å². The van der Waals surface area contributed by atoms with E-state index in [4.69, 9.17) is 9.47 Å². The number of hydrogen-bond acceptors (Lipinski definition) is 3. The number of guanidine groups is 1. The second-order valence-electron chi connectivity index (χ2n) is 6.79. The highest BCUT2D eigenvalue weighted by Crippen LogP contribution is 2.52. The van der Waals surface area contributed by atoms with E-state index in [2.05, 4.69) is 29.5 Å². The lowest BCUT2D eigenvalue weighted by atomic mass is 9.57. The number of fused-ring (bicyclic) bond motifs is 1. The van der Waals surface area contributed by atoms with Crippen molar-refractivity contribution in [1.29, 1.82) is 0 Å². The summed E-state index contributed by atoms with van der Waals surface area (Å²) < 4.78 is 11.2. The fourth-order valence-corrected chi connectivity index (χ4v) is 3.97. The minimum absolute atomic E-state index is 0. The predicted molar refractivity (Wildman–Crippen MR) is 94.3 cm³/mol. The Morgan fingerprint density at radius 3 is 2.48 bits per heavy atom. The van der Waals surface area contributed by atoms with Gasteiger partial charge in [0.15, 0.2) is 5.96 Å². The third-order valence-corrected chi connectivity index (χ3v) is 5.18. The first kappa shape index (κ1) is 17.3. The molecular formula is C15H28IN3O2. The molecule has 1 aliphatic carbocycles. The zero-order chi connectivity index (χ0) is 14.2. The molecule has 3 rings (SSSR count). The first-order chi connectivity index (χ1) is 9.63. The fourth-order valence-electron chi connectivity index (χ4n) is 3.97. The van der Waals surface area contributed by atoms with Gasteiger partial charge in [-0.3, -0.25) is 4.99 Å². The highest BCUT2D eigenvalue weighted by molar-refractivity contribution is 14.0. The van der Waals surface area contributed by atoms with E-state index in [9.17, 15) is 0 Å². The van der Waals surface area contributed by atoms with Crippen LogP contribution >= 0.6 is 24.0 Å². The number of nitrogens with zero attached hydrogens (tertiary/aromatic N) is 1. The molecule has 2 N–H and O–H groups in total. The summed E-state index contributed by atoms with van der Waals surface area (Å²) in [4.78, 5) is 4.40. The Morgan fingerprint density at radius 1 is 1.10 bits per heavy atom. The molecule has 122 valence electrons. The van der Waals surface area contributed by atoms with Crippen LogP contribution in [0.15, 0.2) is 4.99 Å². The molecular weight excluding hydrogens is 381 g/mol. The molecule has 0 aromatic rings. The van der Waals surface area contributed by atoms with Crippen molar-refractivity contribution in [1.82, 2.24) is 10.6 Å². The minimum atomic E-state index is 0. The zero-order valence-electron chi connectivity index (χ0n) is 13.2. The molecule has 0 aromatic carbocycles. The Hall–Kier alpha value is -0.0800. The van der Waals surface area contributed by atoms with E-state index < -0.39 is 0 Å². The number of hydrogen-bond donors (Lipinski definition) is 2. The first-order valence-electron chi connectivity index (χ1n) is 7.82. The molecule has 3 unspecified atom stereocenters. The van der Waals surface area contributed by atoms with Crippen molar-refractivity contribution < 1.29 is 9.47 Å². The molecule has 5 nitrogen and oxygen atoms in total. The summed E-state index contributed by atoms with van der Waals surface area (Å²) in [6, 6.07) is 0.940. The molecule has 0 spiro atoms. The molecule has 6 heteroatoms. The van der Waals surface area contributed by atoms with E-state index in [1.807, 2.05) is 7.05 Å². The van der Waals surface area contributed by atoms with Crippen molar-refractivity contribution in [3.63, 3.8) is 0 Å². The molecule has 0 amide bonds. The van der Waals surface area contributed by atoms with Gasteiger partial charge in [-0.1, -0.05) is 13.8 Å². The van der Waals surface area contributed by atoms with Crippen LogP contribution in [0, 0.1) is 11.3 Å². The third kappa shape index (κ3) is 3.32. The van der Waals surface area contributed by atoms with E-state index in [1.165, 1.54) is 6.42 Å². The molecule has 21 heavy (non-hydrogen) atoms. The molecule has 2 heterocycles. The molecule has 3 aliphatic rings. The van der Waals surface area contributed by atoms with Gasteiger partial charge in [0.1, 0.15) is 0 Å². The molecule has 0 bridgehead atoms. The maximum Gasteiger partial charge on any atom is 0.191 e. The van der Waals surface area contributed by atoms with Crippen LogP contribution in [0.25, 0.3) is 0 Å². The van der Waals surface area contributed by atoms with Crippen LogP contribution in [0.4, 0.5) is 0 Å². The fraction of sp³-hybridized carbons (Fsp3) is 0.933. The van der Waals surface area contributed by atoms with Gasteiger partial charge >= 0.3 is 0 Å². The largest absolute Gasteiger partial charge is 0.381 e. The van der Waals surface area contributed by atoms with Gasteiger partial charge in [-0.25, -0.2) is 0 Å². The zero-order valence-corrected chi connectivity index (χ0v) is 15.6. The quantitative estimate of drug-likeness (QED) is 0.415. The van der Waals surface area contributed by atoms with E-state index in [0.29, 0.717) is 24.1 Å². The van der Waals surface area contributed by atoms with Crippen molar-refractivity contribution in [3.8, 4) is 0 Å². The van der Waals surface area contributed by atoms with Crippen molar-refractivity contribution in [3.05, 3.63) is 0 Å². The Kier molecular flexibility index (Phi) is 5.76. The first-order valence-corrected chi connectivity index (χ1v) is 7.82. The minimum Gasteiger partial charge on any atom is -0.381 e. The van der Waals surface area contributed by atoms with Gasteiger partial charge < -0.3 is 20.1 Å². The number of halogens is 1. The number of rotatable bonds is 2. The Balaban J connectivity index is 0.00000161. The monoisotopic (exact) mass is 409 g/mol. The standard InChI is InChI=1S/C15H27N3O2.HI/c1-15(2)12(11-6-9-20-13(11)15)18-14(16-3)17-10-4-7-19-8-5-10;/h10-13H,4-9H2,1-3H3,(H2,16,17,18);1H. The van der Waals surface area contributed by atoms with Gasteiger partial charge in [0.2, 0.25) is 0 Å². The van der Waals surface area contributed by atoms with Gasteiger partial charge in [-0.15, -0.1) is 24.0 Å². The Bertz CT molecular complexity index is 383. The molecule has 1 saturated carbocycles. The highest BCUT2D eigenvalue weighted by atomic mass is 127. The molecule has 0 aromatic heterocycles. The maximum atomic E-state index is 5.85. The molecule has 0 radical (unpaired) electrons. The lowest BCUT2D eigenvalue weighted by molar-refractivity contribution is -0.106. The Morgan fingerprint density at radius 2 is 1.81 bits per heavy atom. The number of aliphatic imine (C=N–C) groups is 1. The third-order valence-electron chi connectivity index (χ3n) is 5.18. The van der Waals surface area contributed by atoms with Crippen LogP contribution in [-0.4, -0.2) is 51.0 Å². The predicted octanol–water partition coefficient (Wildman–Crippen LogP) is 1.76. The Labute approximate surface area is 144 Å². The number of ether oxygens (including phenoxy) is 2. The van der Waals surface area contributed by atoms with Crippen molar-refractivity contribution in [2.75, 3.05) is 26.9 Å². The summed E-state index contributed by atoms with van der Waals surface area (Å²) in [5.41, 5.74) is 0.189. The van der Waals surface area contributed by atoms with Crippen LogP contribution < -0.4 is 10.6 Å². The summed E-state index contributed by atoms with van der Waals surface area (Å²) >= 11 is 0. The SMILES string of the molecule is CN=C(NC1CCOCC1)NC1C2CCOC2C1(C)C.I. The summed E-state index contributed by atoms with van der Waals surface area (Å²) in [6.07, 6.45) is 3.70. The second-order valence-corrected chi connectivity index (χ2v) is 6.79. The average molecular weight is 409 g/mol. The molecule has 2 aliphatic heterocycles. The van der Waals surface area contributed by atoms with E-state index in [-0.39, 0.29) is 29.4 Å². The van der Waals surface area contributed by atoms with Gasteiger partial charge in [0, 0.05) is 50.3 Å². The van der Waals surface area contributed by atoms with Crippen LogP contribution in [0.1, 0.15) is 33.1 Å². The van der Waals surface area contributed by atoms with Crippen LogP contribution in [0.5, 0.6) is 0 Å². The van der Waals surface area contributed by atoms with Crippen molar-refractivity contribution >= 4 is 29.9 Å². The normalized spacial score (nSPS) is 35.4. The average Bonchev–Trinajstić information content (AvgIpc) is 2.91. The molecule has 3 atom stereocenters. The topological polar surface area (TPSA) is 54.9 Å². The number of nitrogens with one attached hydrogen (secondary N) is 2. The van der Waals surface area contributed by atoms with Crippen molar-refractivity contribution in [2.45, 2.75) is 51.3 Å². The van der Waals surface area contributed by atoms with Crippen molar-refractivity contribution in [2.24, 2.45) is 16.3 Å². The maximum absolute atomic E-state index is 5.85. The summed E-state index contributed by atoms with van der Waals surface area (Å²) in [7, 11) is 1.85. The second kappa shape index (κ2) is 7.00.